The summed E-state index contributed by atoms with van der Waals surface area (Å²) in [6.07, 6.45) is 4.90. The summed E-state index contributed by atoms with van der Waals surface area (Å²) < 4.78 is 11.5. The van der Waals surface area contributed by atoms with Crippen molar-refractivity contribution in [2.45, 2.75) is 63.9 Å². The number of hydrogen-bond acceptors (Lipinski definition) is 5. The molecule has 6 rings (SSSR count). The van der Waals surface area contributed by atoms with Gasteiger partial charge in [0.05, 0.1) is 19.3 Å². The fourth-order valence-corrected chi connectivity index (χ4v) is 8.50. The van der Waals surface area contributed by atoms with Crippen molar-refractivity contribution in [3.8, 4) is 11.5 Å². The first-order chi connectivity index (χ1) is 17.4. The Morgan fingerprint density at radius 1 is 1.03 bits per heavy atom. The first-order valence-electron chi connectivity index (χ1n) is 13.9. The number of fused-ring (bicyclic) bond motifs is 5. The van der Waals surface area contributed by atoms with Crippen molar-refractivity contribution in [1.82, 2.24) is 4.90 Å². The van der Waals surface area contributed by atoms with Crippen molar-refractivity contribution < 1.29 is 19.7 Å². The lowest BCUT2D eigenvalue weighted by Gasteiger charge is -2.60. The molecule has 0 bridgehead atoms. The number of aliphatic hydroxyl groups excluding tert-OH is 1. The Bertz CT molecular complexity index is 1080. The summed E-state index contributed by atoms with van der Waals surface area (Å²) in [7, 11) is 0. The van der Waals surface area contributed by atoms with Crippen molar-refractivity contribution in [1.29, 1.82) is 0 Å². The molecule has 0 amide bonds. The van der Waals surface area contributed by atoms with Gasteiger partial charge in [0.1, 0.15) is 18.1 Å². The summed E-state index contributed by atoms with van der Waals surface area (Å²) in [5.74, 6) is 2.52. The highest BCUT2D eigenvalue weighted by Gasteiger charge is 2.62. The number of morpholine rings is 1. The number of hydrogen-bond donors (Lipinski definition) is 2. The fourth-order valence-electron chi connectivity index (χ4n) is 8.50. The minimum atomic E-state index is -0.230. The van der Waals surface area contributed by atoms with Gasteiger partial charge in [0.2, 0.25) is 0 Å². The van der Waals surface area contributed by atoms with E-state index in [4.69, 9.17) is 9.47 Å². The van der Waals surface area contributed by atoms with Gasteiger partial charge in [-0.05, 0) is 102 Å². The summed E-state index contributed by atoms with van der Waals surface area (Å²) in [5, 5.41) is 21.4. The van der Waals surface area contributed by atoms with Crippen LogP contribution in [0.25, 0.3) is 0 Å². The third kappa shape index (κ3) is 4.04. The van der Waals surface area contributed by atoms with E-state index in [2.05, 4.69) is 49.1 Å². The van der Waals surface area contributed by atoms with E-state index in [0.29, 0.717) is 30.1 Å². The molecule has 1 aliphatic heterocycles. The first kappa shape index (κ1) is 24.3. The van der Waals surface area contributed by atoms with Gasteiger partial charge in [0.25, 0.3) is 0 Å². The maximum Gasteiger partial charge on any atom is 0.119 e. The third-order valence-electron chi connectivity index (χ3n) is 10.3. The van der Waals surface area contributed by atoms with Crippen LogP contribution < -0.4 is 4.74 Å². The molecule has 0 radical (unpaired) electrons. The SMILES string of the molecule is C[C@@]12CCc3cc(O)ccc3C1[C@@H](c1ccc(OCCN3CCOCC3)cc1)C[C@@]1(C)C2CC[C@@H]1O. The minimum absolute atomic E-state index is 0.0579. The first-order valence-corrected chi connectivity index (χ1v) is 13.9. The summed E-state index contributed by atoms with van der Waals surface area (Å²) in [4.78, 5) is 2.39. The molecule has 2 saturated carbocycles. The third-order valence-corrected chi connectivity index (χ3v) is 10.3. The molecule has 3 fully saturated rings. The Labute approximate surface area is 215 Å². The number of aliphatic hydroxyl groups is 1. The highest BCUT2D eigenvalue weighted by atomic mass is 16.5. The van der Waals surface area contributed by atoms with Crippen molar-refractivity contribution in [2.75, 3.05) is 39.5 Å². The summed E-state index contributed by atoms with van der Waals surface area (Å²) in [6.45, 7) is 10.0. The number of aryl methyl sites for hydroxylation is 1. The van der Waals surface area contributed by atoms with Crippen molar-refractivity contribution in [3.05, 3.63) is 59.2 Å². The predicted molar refractivity (Wildman–Crippen MR) is 141 cm³/mol. The predicted octanol–water partition coefficient (Wildman–Crippen LogP) is 5.10. The summed E-state index contributed by atoms with van der Waals surface area (Å²) in [6, 6.07) is 14.8. The quantitative estimate of drug-likeness (QED) is 0.609. The van der Waals surface area contributed by atoms with Crippen LogP contribution in [0, 0.1) is 16.7 Å². The molecule has 2 aromatic rings. The number of ether oxygens (including phenoxy) is 2. The second-order valence-electron chi connectivity index (χ2n) is 12.2. The highest BCUT2D eigenvalue weighted by Crippen LogP contribution is 2.70. The van der Waals surface area contributed by atoms with Crippen LogP contribution in [0.15, 0.2) is 42.5 Å². The van der Waals surface area contributed by atoms with Gasteiger partial charge in [-0.3, -0.25) is 4.90 Å². The van der Waals surface area contributed by atoms with Gasteiger partial charge in [0.15, 0.2) is 0 Å². The molecule has 36 heavy (non-hydrogen) atoms. The molecule has 194 valence electrons. The zero-order chi connectivity index (χ0) is 24.9. The monoisotopic (exact) mass is 491 g/mol. The molecule has 2 unspecified atom stereocenters. The van der Waals surface area contributed by atoms with Crippen LogP contribution in [0.2, 0.25) is 0 Å². The normalized spacial score (nSPS) is 36.1. The van der Waals surface area contributed by atoms with Crippen LogP contribution in [0.5, 0.6) is 11.5 Å². The van der Waals surface area contributed by atoms with Gasteiger partial charge >= 0.3 is 0 Å². The fraction of sp³-hybridized carbons (Fsp3) is 0.613. The lowest BCUT2D eigenvalue weighted by molar-refractivity contribution is -0.0768. The van der Waals surface area contributed by atoms with Gasteiger partial charge in [-0.1, -0.05) is 32.0 Å². The Morgan fingerprint density at radius 3 is 2.58 bits per heavy atom. The number of benzene rings is 2. The van der Waals surface area contributed by atoms with Gasteiger partial charge in [-0.25, -0.2) is 0 Å². The molecule has 1 heterocycles. The molecule has 0 spiro atoms. The van der Waals surface area contributed by atoms with Gasteiger partial charge < -0.3 is 19.7 Å². The largest absolute Gasteiger partial charge is 0.508 e. The highest BCUT2D eigenvalue weighted by molar-refractivity contribution is 5.45. The molecule has 6 atom stereocenters. The maximum atomic E-state index is 11.2. The van der Waals surface area contributed by atoms with E-state index in [0.717, 1.165) is 70.7 Å². The average molecular weight is 492 g/mol. The van der Waals surface area contributed by atoms with Crippen LogP contribution in [0.4, 0.5) is 0 Å². The Hall–Kier alpha value is -2.08. The zero-order valence-electron chi connectivity index (χ0n) is 21.8. The number of phenolic OH excluding ortho intramolecular Hbond substituents is 1. The van der Waals surface area contributed by atoms with Crippen molar-refractivity contribution in [3.63, 3.8) is 0 Å². The molecule has 2 N–H and O–H groups in total. The molecular formula is C31H41NO4. The molecule has 5 nitrogen and oxygen atoms in total. The second kappa shape index (κ2) is 9.34. The van der Waals surface area contributed by atoms with Crippen LogP contribution >= 0.6 is 0 Å². The second-order valence-corrected chi connectivity index (χ2v) is 12.2. The molecule has 4 aliphatic rings. The Morgan fingerprint density at radius 2 is 1.81 bits per heavy atom. The van der Waals surface area contributed by atoms with E-state index < -0.39 is 0 Å². The van der Waals surface area contributed by atoms with Crippen molar-refractivity contribution in [2.24, 2.45) is 16.7 Å². The summed E-state index contributed by atoms with van der Waals surface area (Å²) in [5.41, 5.74) is 4.12. The Balaban J connectivity index is 1.28. The molecular weight excluding hydrogens is 450 g/mol. The smallest absolute Gasteiger partial charge is 0.119 e. The molecule has 5 heteroatoms. The van der Waals surface area contributed by atoms with Crippen LogP contribution in [0.3, 0.4) is 0 Å². The molecule has 0 aromatic heterocycles. The zero-order valence-corrected chi connectivity index (χ0v) is 21.8. The van der Waals surface area contributed by atoms with E-state index in [9.17, 15) is 10.2 Å². The topological polar surface area (TPSA) is 62.2 Å². The number of nitrogens with zero attached hydrogens (tertiary/aromatic N) is 1. The summed E-state index contributed by atoms with van der Waals surface area (Å²) >= 11 is 0. The van der Waals surface area contributed by atoms with Gasteiger partial charge in [0, 0.05) is 19.6 Å². The molecule has 2 aromatic carbocycles. The molecule has 3 aliphatic carbocycles. The van der Waals surface area contributed by atoms with Crippen LogP contribution in [0.1, 0.15) is 68.1 Å². The van der Waals surface area contributed by atoms with Crippen LogP contribution in [-0.2, 0) is 11.2 Å². The van der Waals surface area contributed by atoms with E-state index in [1.165, 1.54) is 16.7 Å². The van der Waals surface area contributed by atoms with Crippen LogP contribution in [-0.4, -0.2) is 60.7 Å². The maximum absolute atomic E-state index is 11.2. The lowest BCUT2D eigenvalue weighted by Crippen LogP contribution is -2.52. The standard InChI is InChI=1S/C31H41NO4/c1-30-12-11-22-19-23(33)5-8-25(22)29(30)26(20-31(2)27(30)9-10-28(31)34)21-3-6-24(7-4-21)36-18-15-32-13-16-35-17-14-32/h3-8,19,26-29,33-34H,9-18,20H2,1-2H3/t26-,27?,28+,29?,30+,31+/m1/s1. The van der Waals surface area contributed by atoms with Gasteiger partial charge in [-0.2, -0.15) is 0 Å². The number of phenols is 1. The van der Waals surface area contributed by atoms with Gasteiger partial charge in [-0.15, -0.1) is 0 Å². The number of rotatable bonds is 5. The van der Waals surface area contributed by atoms with E-state index in [1.807, 2.05) is 12.1 Å². The molecule has 1 saturated heterocycles. The lowest BCUT2D eigenvalue weighted by atomic mass is 9.44. The minimum Gasteiger partial charge on any atom is -0.508 e. The van der Waals surface area contributed by atoms with Crippen molar-refractivity contribution >= 4 is 0 Å². The van der Waals surface area contributed by atoms with E-state index >= 15 is 0 Å². The number of aromatic hydroxyl groups is 1. The average Bonchev–Trinajstić information content (AvgIpc) is 3.19. The van der Waals surface area contributed by atoms with E-state index in [1.54, 1.807) is 0 Å². The Kier molecular flexibility index (Phi) is 6.30. The van der Waals surface area contributed by atoms with E-state index in [-0.39, 0.29) is 16.9 Å².